The van der Waals surface area contributed by atoms with Crippen LogP contribution in [0.25, 0.3) is 0 Å². The largest absolute Gasteiger partial charge is 0.444 e. The average molecular weight is 355 g/mol. The van der Waals surface area contributed by atoms with Gasteiger partial charge in [0.2, 0.25) is 0 Å². The highest BCUT2D eigenvalue weighted by Gasteiger charge is 2.18. The topological polar surface area (TPSA) is 42.7 Å². The Morgan fingerprint density at radius 1 is 1.50 bits per heavy atom. The maximum Gasteiger partial charge on any atom is 0.289 e. The Bertz CT molecular complexity index is 341. The highest BCUT2D eigenvalue weighted by Crippen LogP contribution is 2.15. The van der Waals surface area contributed by atoms with Crippen molar-refractivity contribution in [2.75, 3.05) is 32.1 Å². The van der Waals surface area contributed by atoms with Crippen molar-refractivity contribution >= 4 is 37.8 Å². The van der Waals surface area contributed by atoms with Crippen molar-refractivity contribution < 1.29 is 13.9 Å². The fourth-order valence-corrected chi connectivity index (χ4v) is 1.94. The van der Waals surface area contributed by atoms with Crippen LogP contribution in [0.1, 0.15) is 10.6 Å². The lowest BCUT2D eigenvalue weighted by Gasteiger charge is -2.19. The number of ether oxygens (including phenoxy) is 1. The van der Waals surface area contributed by atoms with Gasteiger partial charge >= 0.3 is 0 Å². The molecule has 0 aliphatic heterocycles. The lowest BCUT2D eigenvalue weighted by atomic mass is 10.3. The molecule has 1 aromatic heterocycles. The summed E-state index contributed by atoms with van der Waals surface area (Å²) in [6, 6.07) is 3.36. The van der Waals surface area contributed by atoms with E-state index >= 15 is 0 Å². The number of halogens is 2. The molecule has 0 aliphatic carbocycles. The first-order chi connectivity index (χ1) is 7.69. The Labute approximate surface area is 111 Å². The Kier molecular flexibility index (Phi) is 6.08. The van der Waals surface area contributed by atoms with Gasteiger partial charge in [0.05, 0.1) is 6.61 Å². The van der Waals surface area contributed by atoms with Crippen molar-refractivity contribution in [3.63, 3.8) is 0 Å². The van der Waals surface area contributed by atoms with E-state index in [-0.39, 0.29) is 5.91 Å². The molecule has 0 atom stereocenters. The molecule has 16 heavy (non-hydrogen) atoms. The van der Waals surface area contributed by atoms with E-state index < -0.39 is 0 Å². The van der Waals surface area contributed by atoms with E-state index in [1.807, 2.05) is 0 Å². The Morgan fingerprint density at radius 3 is 2.75 bits per heavy atom. The van der Waals surface area contributed by atoms with Crippen LogP contribution in [-0.4, -0.2) is 42.9 Å². The summed E-state index contributed by atoms with van der Waals surface area (Å²) in [5.41, 5.74) is 0. The van der Waals surface area contributed by atoms with E-state index in [0.29, 0.717) is 30.1 Å². The molecule has 0 aliphatic rings. The fourth-order valence-electron chi connectivity index (χ4n) is 1.20. The standard InChI is InChI=1S/C10H13Br2NO3/c1-15-7-6-13(5-4-11)10(14)8-2-3-9(12)16-8/h2-3H,4-7H2,1H3. The van der Waals surface area contributed by atoms with E-state index in [4.69, 9.17) is 9.15 Å². The molecule has 90 valence electrons. The maximum atomic E-state index is 12.0. The van der Waals surface area contributed by atoms with Gasteiger partial charge in [-0.25, -0.2) is 0 Å². The van der Waals surface area contributed by atoms with E-state index in [9.17, 15) is 4.79 Å². The average Bonchev–Trinajstić information content (AvgIpc) is 2.70. The van der Waals surface area contributed by atoms with Crippen molar-refractivity contribution in [2.45, 2.75) is 0 Å². The van der Waals surface area contributed by atoms with Crippen LogP contribution >= 0.6 is 31.9 Å². The second-order valence-corrected chi connectivity index (χ2v) is 4.65. The maximum absolute atomic E-state index is 12.0. The minimum Gasteiger partial charge on any atom is -0.444 e. The molecule has 0 bridgehead atoms. The third-order valence-corrected chi connectivity index (χ3v) is 2.77. The molecule has 0 unspecified atom stereocenters. The minimum atomic E-state index is -0.123. The third kappa shape index (κ3) is 3.92. The van der Waals surface area contributed by atoms with Gasteiger partial charge in [-0.3, -0.25) is 4.79 Å². The SMILES string of the molecule is COCCN(CCBr)C(=O)c1ccc(Br)o1. The van der Waals surface area contributed by atoms with Crippen LogP contribution in [0.5, 0.6) is 0 Å². The normalized spacial score (nSPS) is 10.4. The smallest absolute Gasteiger partial charge is 0.289 e. The number of carbonyl (C=O) groups excluding carboxylic acids is 1. The van der Waals surface area contributed by atoms with E-state index in [1.165, 1.54) is 0 Å². The van der Waals surface area contributed by atoms with Crippen molar-refractivity contribution in [3.05, 3.63) is 22.6 Å². The Hall–Kier alpha value is -0.330. The molecule has 1 heterocycles. The van der Waals surface area contributed by atoms with Crippen LogP contribution in [-0.2, 0) is 4.74 Å². The van der Waals surface area contributed by atoms with Crippen molar-refractivity contribution in [1.29, 1.82) is 0 Å². The summed E-state index contributed by atoms with van der Waals surface area (Å²) < 4.78 is 10.7. The lowest BCUT2D eigenvalue weighted by Crippen LogP contribution is -2.35. The highest BCUT2D eigenvalue weighted by atomic mass is 79.9. The first-order valence-electron chi connectivity index (χ1n) is 4.78. The van der Waals surface area contributed by atoms with Crippen LogP contribution < -0.4 is 0 Å². The van der Waals surface area contributed by atoms with Crippen LogP contribution in [0.15, 0.2) is 21.2 Å². The van der Waals surface area contributed by atoms with E-state index in [1.54, 1.807) is 24.1 Å². The number of furan rings is 1. The molecular formula is C10H13Br2NO3. The zero-order valence-electron chi connectivity index (χ0n) is 8.91. The first-order valence-corrected chi connectivity index (χ1v) is 6.70. The molecule has 0 fully saturated rings. The van der Waals surface area contributed by atoms with Gasteiger partial charge in [0.1, 0.15) is 0 Å². The summed E-state index contributed by atoms with van der Waals surface area (Å²) in [7, 11) is 1.61. The monoisotopic (exact) mass is 353 g/mol. The van der Waals surface area contributed by atoms with Crippen molar-refractivity contribution in [1.82, 2.24) is 4.90 Å². The first kappa shape index (κ1) is 13.7. The van der Waals surface area contributed by atoms with Gasteiger partial charge in [-0.15, -0.1) is 0 Å². The number of methoxy groups -OCH3 is 1. The second kappa shape index (κ2) is 7.09. The minimum absolute atomic E-state index is 0.123. The summed E-state index contributed by atoms with van der Waals surface area (Å²) in [6.07, 6.45) is 0. The van der Waals surface area contributed by atoms with Gasteiger partial charge in [0, 0.05) is 25.5 Å². The summed E-state index contributed by atoms with van der Waals surface area (Å²) in [5, 5.41) is 0.727. The van der Waals surface area contributed by atoms with Crippen LogP contribution in [0.3, 0.4) is 0 Å². The summed E-state index contributed by atoms with van der Waals surface area (Å²) in [6.45, 7) is 1.69. The molecule has 4 nitrogen and oxygen atoms in total. The molecule has 0 saturated carbocycles. The summed E-state index contributed by atoms with van der Waals surface area (Å²) in [5.74, 6) is 0.214. The van der Waals surface area contributed by atoms with Gasteiger partial charge in [0.15, 0.2) is 10.4 Å². The van der Waals surface area contributed by atoms with Gasteiger partial charge in [-0.2, -0.15) is 0 Å². The summed E-state index contributed by atoms with van der Waals surface area (Å²) >= 11 is 6.48. The zero-order chi connectivity index (χ0) is 12.0. The molecule has 1 rings (SSSR count). The molecule has 1 amide bonds. The molecule has 0 saturated heterocycles. The number of nitrogens with zero attached hydrogens (tertiary/aromatic N) is 1. The molecular weight excluding hydrogens is 342 g/mol. The van der Waals surface area contributed by atoms with Crippen LogP contribution in [0, 0.1) is 0 Å². The van der Waals surface area contributed by atoms with Gasteiger partial charge in [-0.05, 0) is 28.1 Å². The van der Waals surface area contributed by atoms with E-state index in [0.717, 1.165) is 5.33 Å². The van der Waals surface area contributed by atoms with Crippen molar-refractivity contribution in [3.8, 4) is 0 Å². The van der Waals surface area contributed by atoms with Gasteiger partial charge < -0.3 is 14.1 Å². The lowest BCUT2D eigenvalue weighted by molar-refractivity contribution is 0.0676. The zero-order valence-corrected chi connectivity index (χ0v) is 12.1. The Morgan fingerprint density at radius 2 is 2.25 bits per heavy atom. The fraction of sp³-hybridized carbons (Fsp3) is 0.500. The number of hydrogen-bond donors (Lipinski definition) is 0. The second-order valence-electron chi connectivity index (χ2n) is 3.08. The molecule has 0 N–H and O–H groups in total. The van der Waals surface area contributed by atoms with Crippen LogP contribution in [0.2, 0.25) is 0 Å². The molecule has 0 radical (unpaired) electrons. The molecule has 6 heteroatoms. The van der Waals surface area contributed by atoms with Crippen molar-refractivity contribution in [2.24, 2.45) is 0 Å². The predicted octanol–water partition coefficient (Wildman–Crippen LogP) is 2.53. The predicted molar refractivity (Wildman–Crippen MR) is 68.0 cm³/mol. The number of carbonyl (C=O) groups is 1. The van der Waals surface area contributed by atoms with Crippen LogP contribution in [0.4, 0.5) is 0 Å². The Balaban J connectivity index is 2.66. The molecule has 0 aromatic carbocycles. The number of alkyl halides is 1. The number of hydrogen-bond acceptors (Lipinski definition) is 3. The van der Waals surface area contributed by atoms with Gasteiger partial charge in [-0.1, -0.05) is 15.9 Å². The van der Waals surface area contributed by atoms with Gasteiger partial charge in [0.25, 0.3) is 5.91 Å². The number of amides is 1. The summed E-state index contributed by atoms with van der Waals surface area (Å²) in [4.78, 5) is 13.7. The van der Waals surface area contributed by atoms with E-state index in [2.05, 4.69) is 31.9 Å². The molecule has 1 aromatic rings. The number of rotatable bonds is 6. The molecule has 0 spiro atoms. The highest BCUT2D eigenvalue weighted by molar-refractivity contribution is 9.10. The quantitative estimate of drug-likeness (QED) is 0.737. The third-order valence-electron chi connectivity index (χ3n) is 1.99.